The van der Waals surface area contributed by atoms with Crippen molar-refractivity contribution in [1.82, 2.24) is 10.6 Å². The van der Waals surface area contributed by atoms with Gasteiger partial charge in [0.1, 0.15) is 13.2 Å². The molecule has 182 valence electrons. The normalized spacial score (nSPS) is 13.9. The number of carbonyl (C=O) groups excluding carboxylic acids is 3. The van der Waals surface area contributed by atoms with E-state index < -0.39 is 38.6 Å². The number of phosphoric ester groups is 1. The van der Waals surface area contributed by atoms with Gasteiger partial charge in [0.25, 0.3) is 0 Å². The summed E-state index contributed by atoms with van der Waals surface area (Å²) in [6.45, 7) is 6.43. The van der Waals surface area contributed by atoms with Crippen LogP contribution in [-0.4, -0.2) is 87.8 Å². The molecule has 1 unspecified atom stereocenters. The van der Waals surface area contributed by atoms with E-state index in [9.17, 15) is 23.8 Å². The molecule has 0 aromatic carbocycles. The molecule has 13 nitrogen and oxygen atoms in total. The number of carbonyl (C=O) groups is 3. The Morgan fingerprint density at radius 1 is 0.903 bits per heavy atom. The second kappa shape index (κ2) is 16.9. The van der Waals surface area contributed by atoms with Crippen LogP contribution < -0.4 is 10.6 Å². The van der Waals surface area contributed by atoms with Gasteiger partial charge in [0, 0.05) is 33.0 Å². The zero-order chi connectivity index (χ0) is 23.7. The molecule has 0 spiro atoms. The van der Waals surface area contributed by atoms with Crippen LogP contribution in [0.15, 0.2) is 0 Å². The largest absolute Gasteiger partial charge is 0.472 e. The van der Waals surface area contributed by atoms with Gasteiger partial charge in [0.2, 0.25) is 0 Å². The number of alkyl carbamates (subject to hydrolysis) is 1. The minimum atomic E-state index is -4.49. The number of nitrogens with one attached hydrogen (secondary N) is 2. The molecule has 0 aromatic heterocycles. The van der Waals surface area contributed by atoms with Crippen molar-refractivity contribution in [3.63, 3.8) is 0 Å². The third-order valence-electron chi connectivity index (χ3n) is 3.11. The van der Waals surface area contributed by atoms with Gasteiger partial charge < -0.3 is 34.5 Å². The summed E-state index contributed by atoms with van der Waals surface area (Å²) in [5, 5.41) is 5.50. The molecule has 0 radical (unpaired) electrons. The highest BCUT2D eigenvalue weighted by molar-refractivity contribution is 7.47. The van der Waals surface area contributed by atoms with Crippen molar-refractivity contribution >= 4 is 25.9 Å². The first-order valence-corrected chi connectivity index (χ1v) is 11.2. The van der Waals surface area contributed by atoms with E-state index in [0.29, 0.717) is 19.2 Å². The van der Waals surface area contributed by atoms with Crippen LogP contribution in [-0.2, 0) is 42.1 Å². The van der Waals surface area contributed by atoms with Gasteiger partial charge in [0.05, 0.1) is 26.4 Å². The highest BCUT2D eigenvalue weighted by Crippen LogP contribution is 2.43. The zero-order valence-corrected chi connectivity index (χ0v) is 19.2. The first-order chi connectivity index (χ1) is 14.5. The quantitative estimate of drug-likeness (QED) is 0.115. The van der Waals surface area contributed by atoms with Crippen molar-refractivity contribution in [3.8, 4) is 0 Å². The van der Waals surface area contributed by atoms with E-state index in [1.54, 1.807) is 0 Å². The number of amides is 1. The smallest absolute Gasteiger partial charge is 0.462 e. The van der Waals surface area contributed by atoms with Gasteiger partial charge in [-0.2, -0.15) is 0 Å². The Morgan fingerprint density at radius 2 is 1.61 bits per heavy atom. The van der Waals surface area contributed by atoms with Crippen LogP contribution in [0.25, 0.3) is 0 Å². The minimum absolute atomic E-state index is 0.0514. The van der Waals surface area contributed by atoms with Crippen molar-refractivity contribution in [3.05, 3.63) is 0 Å². The van der Waals surface area contributed by atoms with Gasteiger partial charge >= 0.3 is 25.9 Å². The highest BCUT2D eigenvalue weighted by Gasteiger charge is 2.25. The number of esters is 2. The van der Waals surface area contributed by atoms with Gasteiger partial charge in [-0.3, -0.25) is 18.6 Å². The van der Waals surface area contributed by atoms with E-state index in [1.807, 2.05) is 13.8 Å². The highest BCUT2D eigenvalue weighted by atomic mass is 31.2. The van der Waals surface area contributed by atoms with Crippen molar-refractivity contribution in [2.45, 2.75) is 39.8 Å². The molecule has 0 fully saturated rings. The SMILES string of the molecule is CC(=O)OC[C@H](COP(=O)(O)OCCNC(=O)OCCOCCNC(C)C)OC(C)=O. The van der Waals surface area contributed by atoms with E-state index in [0.717, 1.165) is 13.8 Å². The summed E-state index contributed by atoms with van der Waals surface area (Å²) in [7, 11) is -4.49. The molecule has 2 atom stereocenters. The number of hydrogen-bond donors (Lipinski definition) is 3. The summed E-state index contributed by atoms with van der Waals surface area (Å²) in [5.74, 6) is -1.30. The summed E-state index contributed by atoms with van der Waals surface area (Å²) in [6, 6.07) is 0.364. The lowest BCUT2D eigenvalue weighted by molar-refractivity contribution is -0.158. The molecule has 0 heterocycles. The molecule has 0 aliphatic heterocycles. The summed E-state index contributed by atoms with van der Waals surface area (Å²) < 4.78 is 40.9. The van der Waals surface area contributed by atoms with Gasteiger partial charge in [-0.25, -0.2) is 9.36 Å². The van der Waals surface area contributed by atoms with Crippen molar-refractivity contribution in [2.75, 3.05) is 52.7 Å². The maximum atomic E-state index is 11.8. The molecular weight excluding hydrogens is 439 g/mol. The zero-order valence-electron chi connectivity index (χ0n) is 18.3. The van der Waals surface area contributed by atoms with Crippen molar-refractivity contribution in [2.24, 2.45) is 0 Å². The van der Waals surface area contributed by atoms with Gasteiger partial charge in [-0.05, 0) is 0 Å². The lowest BCUT2D eigenvalue weighted by atomic mass is 10.4. The minimum Gasteiger partial charge on any atom is -0.462 e. The average Bonchev–Trinajstić information content (AvgIpc) is 2.66. The summed E-state index contributed by atoms with van der Waals surface area (Å²) in [6.07, 6.45) is -1.82. The number of phosphoric acid groups is 1. The summed E-state index contributed by atoms with van der Waals surface area (Å²) in [4.78, 5) is 42.9. The molecule has 0 saturated carbocycles. The van der Waals surface area contributed by atoms with Crippen molar-refractivity contribution < 1.29 is 51.8 Å². The molecule has 1 amide bonds. The Hall–Kier alpha value is -1.76. The Morgan fingerprint density at radius 3 is 2.23 bits per heavy atom. The maximum Gasteiger partial charge on any atom is 0.472 e. The van der Waals surface area contributed by atoms with Crippen LogP contribution in [0.2, 0.25) is 0 Å². The topological polar surface area (TPSA) is 168 Å². The molecule has 0 rings (SSSR count). The van der Waals surface area contributed by atoms with Gasteiger partial charge in [-0.15, -0.1) is 0 Å². The maximum absolute atomic E-state index is 11.8. The van der Waals surface area contributed by atoms with Crippen LogP contribution in [0.1, 0.15) is 27.7 Å². The van der Waals surface area contributed by atoms with Crippen LogP contribution in [0.4, 0.5) is 4.79 Å². The molecule has 3 N–H and O–H groups in total. The Bertz CT molecular complexity index is 588. The van der Waals surface area contributed by atoms with E-state index in [4.69, 9.17) is 18.7 Å². The molecule has 31 heavy (non-hydrogen) atoms. The molecule has 0 saturated heterocycles. The second-order valence-electron chi connectivity index (χ2n) is 6.42. The van der Waals surface area contributed by atoms with Crippen LogP contribution >= 0.6 is 7.82 Å². The lowest BCUT2D eigenvalue weighted by Crippen LogP contribution is -2.30. The fraction of sp³-hybridized carbons (Fsp3) is 0.824. The van der Waals surface area contributed by atoms with Crippen LogP contribution in [0, 0.1) is 0 Å². The molecular formula is C17H33N2O11P. The third-order valence-corrected chi connectivity index (χ3v) is 4.10. The first-order valence-electron chi connectivity index (χ1n) is 9.66. The molecule has 0 bridgehead atoms. The fourth-order valence-corrected chi connectivity index (χ4v) is 2.61. The predicted molar refractivity (Wildman–Crippen MR) is 107 cm³/mol. The molecule has 0 aromatic rings. The molecule has 14 heteroatoms. The average molecular weight is 472 g/mol. The van der Waals surface area contributed by atoms with Crippen molar-refractivity contribution in [1.29, 1.82) is 0 Å². The fourth-order valence-electron chi connectivity index (χ4n) is 1.86. The van der Waals surface area contributed by atoms with Crippen LogP contribution in [0.3, 0.4) is 0 Å². The summed E-state index contributed by atoms with van der Waals surface area (Å²) in [5.41, 5.74) is 0. The second-order valence-corrected chi connectivity index (χ2v) is 7.87. The van der Waals surface area contributed by atoms with E-state index in [2.05, 4.69) is 19.9 Å². The number of ether oxygens (including phenoxy) is 4. The number of hydrogen-bond acceptors (Lipinski definition) is 11. The Kier molecular flexibility index (Phi) is 15.9. The van der Waals surface area contributed by atoms with Crippen LogP contribution in [0.5, 0.6) is 0 Å². The summed E-state index contributed by atoms with van der Waals surface area (Å²) >= 11 is 0. The van der Waals surface area contributed by atoms with Gasteiger partial charge in [0.15, 0.2) is 6.10 Å². The Labute approximate surface area is 181 Å². The predicted octanol–water partition coefficient (Wildman–Crippen LogP) is 0.356. The van der Waals surface area contributed by atoms with E-state index in [1.165, 1.54) is 0 Å². The molecule has 0 aliphatic rings. The third kappa shape index (κ3) is 19.9. The van der Waals surface area contributed by atoms with E-state index >= 15 is 0 Å². The number of rotatable bonds is 17. The lowest BCUT2D eigenvalue weighted by Gasteiger charge is -2.18. The van der Waals surface area contributed by atoms with E-state index in [-0.39, 0.29) is 33.0 Å². The molecule has 0 aliphatic carbocycles. The Balaban J connectivity index is 3.94. The first kappa shape index (κ1) is 29.2. The van der Waals surface area contributed by atoms with Gasteiger partial charge in [-0.1, -0.05) is 13.8 Å². The standard InChI is InChI=1S/C17H33N2O11P/c1-13(2)18-5-7-25-9-10-26-17(22)19-6-8-28-31(23,24)29-12-16(30-15(4)21)11-27-14(3)20/h13,16,18H,5-12H2,1-4H3,(H,19,22)(H,23,24)/t16-/m1/s1. The monoisotopic (exact) mass is 472 g/mol.